The number of hydrogen-bond acceptors (Lipinski definition) is 5. The van der Waals surface area contributed by atoms with Crippen molar-refractivity contribution in [3.05, 3.63) is 59.9 Å². The van der Waals surface area contributed by atoms with Crippen LogP contribution in [0.5, 0.6) is 5.75 Å². The molecule has 0 aliphatic carbocycles. The van der Waals surface area contributed by atoms with E-state index in [0.717, 1.165) is 4.57 Å². The fourth-order valence-corrected chi connectivity index (χ4v) is 2.52. The fourth-order valence-electron chi connectivity index (χ4n) is 2.52. The molecule has 0 saturated carbocycles. The molecule has 0 amide bonds. The first kappa shape index (κ1) is 18.4. The van der Waals surface area contributed by atoms with Crippen LogP contribution in [0.1, 0.15) is 16.2 Å². The normalized spacial score (nSPS) is 11.4. The van der Waals surface area contributed by atoms with Gasteiger partial charge in [0.25, 0.3) is 0 Å². The zero-order valence-electron chi connectivity index (χ0n) is 14.0. The van der Waals surface area contributed by atoms with Gasteiger partial charge in [-0.3, -0.25) is 0 Å². The number of alkyl halides is 3. The van der Waals surface area contributed by atoms with E-state index in [1.54, 1.807) is 12.1 Å². The summed E-state index contributed by atoms with van der Waals surface area (Å²) in [6, 6.07) is 11.4. The van der Waals surface area contributed by atoms with Crippen LogP contribution in [0.25, 0.3) is 11.0 Å². The first-order chi connectivity index (χ1) is 12.8. The maximum atomic E-state index is 13.2. The lowest BCUT2D eigenvalue weighted by atomic mass is 10.2. The molecule has 0 saturated heterocycles. The second-order valence-corrected chi connectivity index (χ2v) is 5.50. The van der Waals surface area contributed by atoms with Crippen molar-refractivity contribution in [1.29, 1.82) is 0 Å². The molecule has 140 valence electrons. The fraction of sp³-hybridized carbons (Fsp3) is 0.167. The van der Waals surface area contributed by atoms with E-state index in [1.807, 2.05) is 0 Å². The molecule has 1 heterocycles. The number of fused-ring (bicyclic) bond motifs is 1. The number of imidazole rings is 1. The molecule has 0 radical (unpaired) electrons. The van der Waals surface area contributed by atoms with Crippen molar-refractivity contribution >= 4 is 23.0 Å². The molecule has 1 aromatic heterocycles. The molecule has 0 aliphatic rings. The van der Waals surface area contributed by atoms with Gasteiger partial charge in [-0.25, -0.2) is 14.6 Å². The van der Waals surface area contributed by atoms with Gasteiger partial charge >= 0.3 is 18.1 Å². The molecule has 3 aromatic rings. The Morgan fingerprint density at radius 1 is 1.07 bits per heavy atom. The van der Waals surface area contributed by atoms with Crippen LogP contribution in [0.3, 0.4) is 0 Å². The number of hydrogen-bond donors (Lipinski definition) is 0. The summed E-state index contributed by atoms with van der Waals surface area (Å²) in [5.41, 5.74) is 0.542. The van der Waals surface area contributed by atoms with E-state index in [4.69, 9.17) is 4.74 Å². The van der Waals surface area contributed by atoms with Gasteiger partial charge in [0.05, 0.1) is 23.7 Å². The van der Waals surface area contributed by atoms with Gasteiger partial charge < -0.3 is 14.0 Å². The Labute approximate surface area is 151 Å². The van der Waals surface area contributed by atoms with Crippen molar-refractivity contribution in [2.24, 2.45) is 0 Å². The molecule has 9 heteroatoms. The van der Waals surface area contributed by atoms with Crippen LogP contribution >= 0.6 is 0 Å². The molecule has 2 aromatic carbocycles. The molecule has 0 unspecified atom stereocenters. The summed E-state index contributed by atoms with van der Waals surface area (Å²) in [7, 11) is 1.23. The Morgan fingerprint density at radius 2 is 1.74 bits per heavy atom. The second-order valence-electron chi connectivity index (χ2n) is 5.50. The number of ether oxygens (including phenoxy) is 2. The lowest BCUT2D eigenvalue weighted by Crippen LogP contribution is -2.22. The second kappa shape index (κ2) is 7.10. The summed E-state index contributed by atoms with van der Waals surface area (Å²) in [6.07, 6.45) is -4.72. The maximum absolute atomic E-state index is 13.2. The van der Waals surface area contributed by atoms with E-state index in [-0.39, 0.29) is 22.3 Å². The number of nitrogens with zero attached hydrogens (tertiary/aromatic N) is 2. The van der Waals surface area contributed by atoms with E-state index in [1.165, 1.54) is 43.5 Å². The smallest absolute Gasteiger partial charge is 0.449 e. The Hall–Kier alpha value is -3.36. The highest BCUT2D eigenvalue weighted by atomic mass is 19.4. The SMILES string of the molecule is COC(=O)c1ccc(OC(=O)Cn2c(C(F)(F)F)nc3ccccc32)cc1. The predicted octanol–water partition coefficient (Wildman–Crippen LogP) is 3.45. The van der Waals surface area contributed by atoms with Crippen LogP contribution < -0.4 is 4.74 Å². The van der Waals surface area contributed by atoms with Gasteiger partial charge in [0.15, 0.2) is 0 Å². The molecule has 0 bridgehead atoms. The monoisotopic (exact) mass is 378 g/mol. The molecule has 0 aliphatic heterocycles. The van der Waals surface area contributed by atoms with Crippen LogP contribution in [0.4, 0.5) is 13.2 Å². The lowest BCUT2D eigenvalue weighted by Gasteiger charge is -2.11. The zero-order chi connectivity index (χ0) is 19.6. The zero-order valence-corrected chi connectivity index (χ0v) is 14.0. The maximum Gasteiger partial charge on any atom is 0.449 e. The largest absolute Gasteiger partial charge is 0.465 e. The summed E-state index contributed by atoms with van der Waals surface area (Å²) in [5, 5.41) is 0. The minimum Gasteiger partial charge on any atom is -0.465 e. The van der Waals surface area contributed by atoms with Crippen molar-refractivity contribution in [3.8, 4) is 5.75 Å². The van der Waals surface area contributed by atoms with Crippen LogP contribution in [-0.2, 0) is 22.3 Å². The summed E-state index contributed by atoms with van der Waals surface area (Å²) in [5.74, 6) is -2.56. The Bertz CT molecular complexity index is 994. The van der Waals surface area contributed by atoms with Gasteiger partial charge in [-0.05, 0) is 36.4 Å². The van der Waals surface area contributed by atoms with Gasteiger partial charge in [-0.15, -0.1) is 0 Å². The van der Waals surface area contributed by atoms with Crippen LogP contribution in [0.15, 0.2) is 48.5 Å². The first-order valence-electron chi connectivity index (χ1n) is 7.71. The summed E-state index contributed by atoms with van der Waals surface area (Å²) in [6.45, 7) is -0.673. The third-order valence-electron chi connectivity index (χ3n) is 3.70. The standard InChI is InChI=1S/C18H13F3N2O4/c1-26-16(25)11-6-8-12(9-7-11)27-15(24)10-23-14-5-3-2-4-13(14)22-17(23)18(19,20)21/h2-9H,10H2,1H3. The highest BCUT2D eigenvalue weighted by molar-refractivity contribution is 5.89. The van der Waals surface area contributed by atoms with Crippen LogP contribution in [0.2, 0.25) is 0 Å². The summed E-state index contributed by atoms with van der Waals surface area (Å²) < 4.78 is 50.1. The lowest BCUT2D eigenvalue weighted by molar-refractivity contribution is -0.148. The summed E-state index contributed by atoms with van der Waals surface area (Å²) >= 11 is 0. The number of esters is 2. The molecule has 0 fully saturated rings. The number of rotatable bonds is 4. The quantitative estimate of drug-likeness (QED) is 0.514. The number of carbonyl (C=O) groups excluding carboxylic acids is 2. The van der Waals surface area contributed by atoms with Crippen molar-refractivity contribution in [1.82, 2.24) is 9.55 Å². The number of methoxy groups -OCH3 is 1. The third-order valence-corrected chi connectivity index (χ3v) is 3.70. The third kappa shape index (κ3) is 3.91. The highest BCUT2D eigenvalue weighted by Gasteiger charge is 2.38. The summed E-state index contributed by atoms with van der Waals surface area (Å²) in [4.78, 5) is 27.1. The number of halogens is 3. The Balaban J connectivity index is 1.83. The first-order valence-corrected chi connectivity index (χ1v) is 7.71. The van der Waals surface area contributed by atoms with Gasteiger partial charge in [0.2, 0.25) is 5.82 Å². The predicted molar refractivity (Wildman–Crippen MR) is 88.2 cm³/mol. The topological polar surface area (TPSA) is 70.4 Å². The van der Waals surface area contributed by atoms with Crippen molar-refractivity contribution in [3.63, 3.8) is 0 Å². The van der Waals surface area contributed by atoms with Crippen LogP contribution in [-0.4, -0.2) is 28.6 Å². The molecular formula is C18H13F3N2O4. The van der Waals surface area contributed by atoms with Gasteiger partial charge in [-0.2, -0.15) is 13.2 Å². The average Bonchev–Trinajstić information content (AvgIpc) is 3.00. The molecule has 27 heavy (non-hydrogen) atoms. The van der Waals surface area contributed by atoms with E-state index >= 15 is 0 Å². The van der Waals surface area contributed by atoms with E-state index < -0.39 is 30.5 Å². The molecule has 0 N–H and O–H groups in total. The molecule has 3 rings (SSSR count). The highest BCUT2D eigenvalue weighted by Crippen LogP contribution is 2.31. The van der Waals surface area contributed by atoms with Crippen molar-refractivity contribution in [2.75, 3.05) is 7.11 Å². The van der Waals surface area contributed by atoms with E-state index in [2.05, 4.69) is 9.72 Å². The van der Waals surface area contributed by atoms with E-state index in [9.17, 15) is 22.8 Å². The Morgan fingerprint density at radius 3 is 2.37 bits per heavy atom. The number of aromatic nitrogens is 2. The van der Waals surface area contributed by atoms with Gasteiger partial charge in [0.1, 0.15) is 12.3 Å². The molecule has 0 atom stereocenters. The molecule has 6 nitrogen and oxygen atoms in total. The minimum atomic E-state index is -4.72. The van der Waals surface area contributed by atoms with Gasteiger partial charge in [0, 0.05) is 0 Å². The minimum absolute atomic E-state index is 0.0885. The molecular weight excluding hydrogens is 365 g/mol. The molecule has 0 spiro atoms. The average molecular weight is 378 g/mol. The van der Waals surface area contributed by atoms with Crippen molar-refractivity contribution < 1.29 is 32.2 Å². The van der Waals surface area contributed by atoms with Crippen LogP contribution in [0, 0.1) is 0 Å². The number of para-hydroxylation sites is 2. The Kier molecular flexibility index (Phi) is 4.85. The number of carbonyl (C=O) groups is 2. The van der Waals surface area contributed by atoms with Crippen molar-refractivity contribution in [2.45, 2.75) is 12.7 Å². The van der Waals surface area contributed by atoms with Gasteiger partial charge in [-0.1, -0.05) is 12.1 Å². The number of benzene rings is 2. The van der Waals surface area contributed by atoms with E-state index in [0.29, 0.717) is 0 Å².